The van der Waals surface area contributed by atoms with Gasteiger partial charge in [-0.3, -0.25) is 4.79 Å². The van der Waals surface area contributed by atoms with Crippen LogP contribution in [0.4, 0.5) is 0 Å². The number of quaternary nitrogens is 1. The molecule has 0 aromatic heterocycles. The van der Waals surface area contributed by atoms with Gasteiger partial charge in [0, 0.05) is 6.04 Å². The molecule has 1 amide bonds. The van der Waals surface area contributed by atoms with E-state index in [1.807, 2.05) is 40.7 Å². The van der Waals surface area contributed by atoms with Crippen molar-refractivity contribution in [3.63, 3.8) is 0 Å². The lowest BCUT2D eigenvalue weighted by molar-refractivity contribution is -0.895. The van der Waals surface area contributed by atoms with Crippen LogP contribution in [0.3, 0.4) is 0 Å². The average Bonchev–Trinajstić information content (AvgIpc) is 2.60. The summed E-state index contributed by atoms with van der Waals surface area (Å²) in [4.78, 5) is 13.8. The summed E-state index contributed by atoms with van der Waals surface area (Å²) < 4.78 is 28.2. The van der Waals surface area contributed by atoms with Crippen LogP contribution in [0, 0.1) is 27.7 Å². The van der Waals surface area contributed by atoms with Gasteiger partial charge in [0.2, 0.25) is 10.0 Å². The fourth-order valence-electron chi connectivity index (χ4n) is 3.97. The molecule has 0 aliphatic carbocycles. The summed E-state index contributed by atoms with van der Waals surface area (Å²) >= 11 is 0. The summed E-state index contributed by atoms with van der Waals surface area (Å²) in [6.07, 6.45) is 2.02. The van der Waals surface area contributed by atoms with Gasteiger partial charge in [-0.15, -0.1) is 0 Å². The predicted octanol–water partition coefficient (Wildman–Crippen LogP) is 1.11. The van der Waals surface area contributed by atoms with E-state index in [-0.39, 0.29) is 11.9 Å². The monoisotopic (exact) mass is 410 g/mol. The van der Waals surface area contributed by atoms with Crippen LogP contribution < -0.4 is 10.2 Å². The van der Waals surface area contributed by atoms with E-state index in [0.29, 0.717) is 37.6 Å². The largest absolute Gasteiger partial charge is 0.349 e. The minimum atomic E-state index is -3.53. The number of hydrogen-bond acceptors (Lipinski definition) is 3. The molecule has 0 radical (unpaired) electrons. The SMILES string of the molecule is CCC[C@@H](C)NC(=O)C[NH+]1CCN(S(=O)(=O)c2c(C)c(C)cc(C)c2C)CC1. The van der Waals surface area contributed by atoms with Crippen molar-refractivity contribution in [2.75, 3.05) is 32.7 Å². The molecular formula is C21H36N3O3S+. The zero-order valence-electron chi connectivity index (χ0n) is 18.2. The van der Waals surface area contributed by atoms with Gasteiger partial charge in [-0.2, -0.15) is 4.31 Å². The lowest BCUT2D eigenvalue weighted by Crippen LogP contribution is -3.15. The van der Waals surface area contributed by atoms with Crippen molar-refractivity contribution in [1.29, 1.82) is 0 Å². The molecule has 7 heteroatoms. The number of nitrogens with one attached hydrogen (secondary N) is 2. The molecule has 1 aliphatic rings. The molecule has 0 saturated carbocycles. The zero-order chi connectivity index (χ0) is 21.1. The van der Waals surface area contributed by atoms with Gasteiger partial charge in [0.05, 0.1) is 31.1 Å². The Morgan fingerprint density at radius 3 is 2.18 bits per heavy atom. The van der Waals surface area contributed by atoms with Gasteiger partial charge in [-0.1, -0.05) is 19.4 Å². The normalized spacial score (nSPS) is 17.5. The molecule has 158 valence electrons. The summed E-state index contributed by atoms with van der Waals surface area (Å²) in [5.74, 6) is 0.0493. The summed E-state index contributed by atoms with van der Waals surface area (Å²) in [5, 5.41) is 3.03. The number of sulfonamides is 1. The number of hydrogen-bond donors (Lipinski definition) is 2. The first-order valence-corrected chi connectivity index (χ1v) is 11.7. The van der Waals surface area contributed by atoms with E-state index in [4.69, 9.17) is 0 Å². The minimum Gasteiger partial charge on any atom is -0.349 e. The average molecular weight is 411 g/mol. The molecule has 1 fully saturated rings. The number of rotatable bonds is 7. The summed E-state index contributed by atoms with van der Waals surface area (Å²) in [5.41, 5.74) is 3.68. The van der Waals surface area contributed by atoms with Crippen molar-refractivity contribution in [1.82, 2.24) is 9.62 Å². The first kappa shape index (κ1) is 22.8. The van der Waals surface area contributed by atoms with Gasteiger partial charge >= 0.3 is 0 Å². The predicted molar refractivity (Wildman–Crippen MR) is 112 cm³/mol. The van der Waals surface area contributed by atoms with Gasteiger partial charge in [0.25, 0.3) is 5.91 Å². The van der Waals surface area contributed by atoms with Crippen LogP contribution in [0.25, 0.3) is 0 Å². The van der Waals surface area contributed by atoms with Crippen LogP contribution in [0.1, 0.15) is 48.9 Å². The van der Waals surface area contributed by atoms with Crippen molar-refractivity contribution < 1.29 is 18.1 Å². The summed E-state index contributed by atoms with van der Waals surface area (Å²) in [6, 6.07) is 2.23. The molecule has 1 aliphatic heterocycles. The quantitative estimate of drug-likeness (QED) is 0.708. The standard InChI is InChI=1S/C21H35N3O3S/c1-7-8-17(4)22-20(25)14-23-9-11-24(12-10-23)28(26,27)21-18(5)15(2)13-16(3)19(21)6/h13,17H,7-12,14H2,1-6H3,(H,22,25)/p+1/t17-/m1/s1. The Morgan fingerprint density at radius 1 is 1.14 bits per heavy atom. The van der Waals surface area contributed by atoms with E-state index in [0.717, 1.165) is 40.0 Å². The van der Waals surface area contributed by atoms with Crippen molar-refractivity contribution in [2.45, 2.75) is 65.3 Å². The molecule has 0 bridgehead atoms. The van der Waals surface area contributed by atoms with E-state index >= 15 is 0 Å². The fraction of sp³-hybridized carbons (Fsp3) is 0.667. The van der Waals surface area contributed by atoms with Crippen molar-refractivity contribution in [3.8, 4) is 0 Å². The van der Waals surface area contributed by atoms with Gasteiger partial charge in [-0.25, -0.2) is 8.42 Å². The number of benzene rings is 1. The van der Waals surface area contributed by atoms with Crippen LogP contribution >= 0.6 is 0 Å². The van der Waals surface area contributed by atoms with Crippen LogP contribution in [0.15, 0.2) is 11.0 Å². The number of carbonyl (C=O) groups excluding carboxylic acids is 1. The zero-order valence-corrected chi connectivity index (χ0v) is 19.0. The highest BCUT2D eigenvalue weighted by Crippen LogP contribution is 2.28. The van der Waals surface area contributed by atoms with E-state index in [1.54, 1.807) is 4.31 Å². The maximum atomic E-state index is 13.3. The molecule has 1 aromatic rings. The Bertz CT molecular complexity index is 786. The van der Waals surface area contributed by atoms with Crippen LogP contribution in [-0.2, 0) is 14.8 Å². The second kappa shape index (κ2) is 9.37. The molecule has 0 unspecified atom stereocenters. The van der Waals surface area contributed by atoms with Gasteiger partial charge in [0.1, 0.15) is 0 Å². The van der Waals surface area contributed by atoms with Gasteiger partial charge < -0.3 is 10.2 Å². The van der Waals surface area contributed by atoms with Crippen LogP contribution in [0.2, 0.25) is 0 Å². The highest BCUT2D eigenvalue weighted by atomic mass is 32.2. The molecule has 0 spiro atoms. The molecule has 2 N–H and O–H groups in total. The number of amides is 1. The molecule has 2 rings (SSSR count). The second-order valence-corrected chi connectivity index (χ2v) is 10.1. The van der Waals surface area contributed by atoms with Crippen LogP contribution in [0.5, 0.6) is 0 Å². The fourth-order valence-corrected chi connectivity index (χ4v) is 5.99. The maximum absolute atomic E-state index is 13.3. The topological polar surface area (TPSA) is 70.9 Å². The summed E-state index contributed by atoms with van der Waals surface area (Å²) in [6.45, 7) is 14.4. The van der Waals surface area contributed by atoms with Crippen molar-refractivity contribution in [2.24, 2.45) is 0 Å². The Balaban J connectivity index is 2.04. The smallest absolute Gasteiger partial charge is 0.275 e. The number of carbonyl (C=O) groups is 1. The lowest BCUT2D eigenvalue weighted by Gasteiger charge is -2.32. The summed E-state index contributed by atoms with van der Waals surface area (Å²) in [7, 11) is -3.53. The number of nitrogens with zero attached hydrogens (tertiary/aromatic N) is 1. The number of piperazine rings is 1. The lowest BCUT2D eigenvalue weighted by atomic mass is 10.0. The Labute approximate surface area is 170 Å². The third kappa shape index (κ3) is 5.13. The first-order valence-electron chi connectivity index (χ1n) is 10.3. The first-order chi connectivity index (χ1) is 13.1. The highest BCUT2D eigenvalue weighted by molar-refractivity contribution is 7.89. The highest BCUT2D eigenvalue weighted by Gasteiger charge is 2.33. The molecule has 6 nitrogen and oxygen atoms in total. The molecule has 1 atom stereocenters. The van der Waals surface area contributed by atoms with E-state index in [2.05, 4.69) is 12.2 Å². The van der Waals surface area contributed by atoms with Crippen molar-refractivity contribution >= 4 is 15.9 Å². The Morgan fingerprint density at radius 2 is 1.68 bits per heavy atom. The Hall–Kier alpha value is -1.44. The number of aryl methyl sites for hydroxylation is 2. The van der Waals surface area contributed by atoms with E-state index in [1.165, 1.54) is 0 Å². The third-order valence-electron chi connectivity index (χ3n) is 5.86. The third-order valence-corrected chi connectivity index (χ3v) is 8.04. The molecule has 1 aromatic carbocycles. The maximum Gasteiger partial charge on any atom is 0.275 e. The van der Waals surface area contributed by atoms with E-state index in [9.17, 15) is 13.2 Å². The molecule has 28 heavy (non-hydrogen) atoms. The second-order valence-electron chi connectivity index (χ2n) is 8.18. The molecule has 1 heterocycles. The minimum absolute atomic E-state index is 0.0493. The molecule has 1 saturated heterocycles. The Kier molecular flexibility index (Phi) is 7.65. The van der Waals surface area contributed by atoms with Crippen LogP contribution in [-0.4, -0.2) is 57.4 Å². The molecular weight excluding hydrogens is 374 g/mol. The van der Waals surface area contributed by atoms with Crippen molar-refractivity contribution in [3.05, 3.63) is 28.3 Å². The van der Waals surface area contributed by atoms with Gasteiger partial charge in [-0.05, 0) is 63.3 Å². The van der Waals surface area contributed by atoms with E-state index < -0.39 is 10.0 Å². The van der Waals surface area contributed by atoms with Gasteiger partial charge in [0.15, 0.2) is 6.54 Å².